The lowest BCUT2D eigenvalue weighted by molar-refractivity contribution is -0.138. The van der Waals surface area contributed by atoms with Gasteiger partial charge in [0, 0.05) is 12.0 Å². The third kappa shape index (κ3) is 1.36. The highest BCUT2D eigenvalue weighted by atomic mass is 19.1. The molecule has 0 radical (unpaired) electrons. The predicted octanol–water partition coefficient (Wildman–Crippen LogP) is 2.16. The normalized spacial score (nSPS) is 23.6. The van der Waals surface area contributed by atoms with Crippen molar-refractivity contribution in [2.45, 2.75) is 12.3 Å². The third-order valence-corrected chi connectivity index (χ3v) is 2.79. The Labute approximate surface area is 89.7 Å². The molecule has 3 rings (SSSR count). The fraction of sp³-hybridized carbons (Fsp3) is 0.273. The SMILES string of the molecule is O=C(O)C1CC1c1nc2cc(F)ccc2o1. The van der Waals surface area contributed by atoms with Crippen LogP contribution < -0.4 is 0 Å². The van der Waals surface area contributed by atoms with Crippen molar-refractivity contribution in [1.82, 2.24) is 4.98 Å². The molecule has 2 atom stereocenters. The van der Waals surface area contributed by atoms with E-state index in [1.165, 1.54) is 18.2 Å². The molecule has 1 N–H and O–H groups in total. The van der Waals surface area contributed by atoms with Crippen LogP contribution in [0.2, 0.25) is 0 Å². The first-order chi connectivity index (χ1) is 7.65. The maximum absolute atomic E-state index is 12.9. The van der Waals surface area contributed by atoms with Crippen LogP contribution in [-0.4, -0.2) is 16.1 Å². The summed E-state index contributed by atoms with van der Waals surface area (Å²) in [6, 6.07) is 4.07. The number of hydrogen-bond acceptors (Lipinski definition) is 3. The number of carboxylic acid groups (broad SMARTS) is 1. The van der Waals surface area contributed by atoms with E-state index in [2.05, 4.69) is 4.98 Å². The number of fused-ring (bicyclic) bond motifs is 1. The molecule has 82 valence electrons. The van der Waals surface area contributed by atoms with E-state index >= 15 is 0 Å². The Balaban J connectivity index is 1.98. The second-order valence-electron chi connectivity index (χ2n) is 3.95. The van der Waals surface area contributed by atoms with Gasteiger partial charge in [0.25, 0.3) is 0 Å². The number of halogens is 1. The Bertz CT molecular complexity index is 578. The molecule has 0 saturated heterocycles. The lowest BCUT2D eigenvalue weighted by atomic mass is 10.3. The minimum atomic E-state index is -0.835. The molecular weight excluding hydrogens is 213 g/mol. The van der Waals surface area contributed by atoms with Gasteiger partial charge in [-0.3, -0.25) is 4.79 Å². The van der Waals surface area contributed by atoms with Crippen molar-refractivity contribution >= 4 is 17.1 Å². The molecule has 2 unspecified atom stereocenters. The van der Waals surface area contributed by atoms with Crippen LogP contribution in [0.5, 0.6) is 0 Å². The number of carboxylic acids is 1. The molecule has 1 aromatic carbocycles. The molecule has 1 heterocycles. The Morgan fingerprint density at radius 3 is 3.06 bits per heavy atom. The van der Waals surface area contributed by atoms with Crippen molar-refractivity contribution in [2.75, 3.05) is 0 Å². The highest BCUT2D eigenvalue weighted by molar-refractivity contribution is 5.76. The zero-order valence-corrected chi connectivity index (χ0v) is 8.18. The average molecular weight is 221 g/mol. The van der Waals surface area contributed by atoms with Crippen molar-refractivity contribution in [3.05, 3.63) is 29.9 Å². The third-order valence-electron chi connectivity index (χ3n) is 2.79. The van der Waals surface area contributed by atoms with Gasteiger partial charge in [-0.25, -0.2) is 9.37 Å². The number of nitrogens with zero attached hydrogens (tertiary/aromatic N) is 1. The number of benzene rings is 1. The summed E-state index contributed by atoms with van der Waals surface area (Å²) in [5.74, 6) is -1.38. The molecule has 0 aliphatic heterocycles. The number of oxazole rings is 1. The lowest BCUT2D eigenvalue weighted by Crippen LogP contribution is -1.98. The monoisotopic (exact) mass is 221 g/mol. The van der Waals surface area contributed by atoms with Crippen LogP contribution in [0.25, 0.3) is 11.1 Å². The highest BCUT2D eigenvalue weighted by Gasteiger charge is 2.47. The number of carbonyl (C=O) groups is 1. The van der Waals surface area contributed by atoms with Crippen molar-refractivity contribution in [2.24, 2.45) is 5.92 Å². The fourth-order valence-electron chi connectivity index (χ4n) is 1.82. The lowest BCUT2D eigenvalue weighted by Gasteiger charge is -1.87. The van der Waals surface area contributed by atoms with Crippen molar-refractivity contribution in [3.8, 4) is 0 Å². The van der Waals surface area contributed by atoms with Gasteiger partial charge in [-0.2, -0.15) is 0 Å². The summed E-state index contributed by atoms with van der Waals surface area (Å²) in [6.45, 7) is 0. The number of rotatable bonds is 2. The molecule has 16 heavy (non-hydrogen) atoms. The van der Waals surface area contributed by atoms with Gasteiger partial charge in [0.1, 0.15) is 11.3 Å². The number of aliphatic carboxylic acids is 1. The Hall–Kier alpha value is -1.91. The second-order valence-corrected chi connectivity index (χ2v) is 3.95. The summed E-state index contributed by atoms with van der Waals surface area (Å²) in [5.41, 5.74) is 0.929. The van der Waals surface area contributed by atoms with E-state index in [9.17, 15) is 9.18 Å². The van der Waals surface area contributed by atoms with Gasteiger partial charge >= 0.3 is 5.97 Å². The van der Waals surface area contributed by atoms with Crippen LogP contribution in [0.1, 0.15) is 18.2 Å². The number of aromatic nitrogens is 1. The molecule has 1 fully saturated rings. The topological polar surface area (TPSA) is 63.3 Å². The molecule has 4 nitrogen and oxygen atoms in total. The van der Waals surface area contributed by atoms with Gasteiger partial charge in [-0.15, -0.1) is 0 Å². The van der Waals surface area contributed by atoms with E-state index in [1.54, 1.807) is 0 Å². The van der Waals surface area contributed by atoms with Gasteiger partial charge in [-0.1, -0.05) is 0 Å². The molecule has 0 amide bonds. The van der Waals surface area contributed by atoms with E-state index in [4.69, 9.17) is 9.52 Å². The van der Waals surface area contributed by atoms with Crippen LogP contribution in [0.4, 0.5) is 4.39 Å². The maximum Gasteiger partial charge on any atom is 0.307 e. The van der Waals surface area contributed by atoms with E-state index in [-0.39, 0.29) is 11.7 Å². The van der Waals surface area contributed by atoms with Crippen LogP contribution in [0, 0.1) is 11.7 Å². The average Bonchev–Trinajstić information content (AvgIpc) is 2.93. The maximum atomic E-state index is 12.9. The van der Waals surface area contributed by atoms with Gasteiger partial charge in [-0.05, 0) is 18.6 Å². The molecule has 0 spiro atoms. The van der Waals surface area contributed by atoms with E-state index in [1.807, 2.05) is 0 Å². The summed E-state index contributed by atoms with van der Waals surface area (Å²) >= 11 is 0. The Morgan fingerprint density at radius 2 is 2.38 bits per heavy atom. The molecule has 5 heteroatoms. The van der Waals surface area contributed by atoms with Gasteiger partial charge in [0.2, 0.25) is 0 Å². The Morgan fingerprint density at radius 1 is 1.56 bits per heavy atom. The number of hydrogen-bond donors (Lipinski definition) is 1. The van der Waals surface area contributed by atoms with Crippen molar-refractivity contribution < 1.29 is 18.7 Å². The van der Waals surface area contributed by atoms with Gasteiger partial charge < -0.3 is 9.52 Å². The Kier molecular flexibility index (Phi) is 1.77. The zero-order valence-electron chi connectivity index (χ0n) is 8.18. The first kappa shape index (κ1) is 9.33. The summed E-state index contributed by atoms with van der Waals surface area (Å²) in [6.07, 6.45) is 0.546. The zero-order chi connectivity index (χ0) is 11.3. The fourth-order valence-corrected chi connectivity index (χ4v) is 1.82. The minimum Gasteiger partial charge on any atom is -0.481 e. The van der Waals surface area contributed by atoms with E-state index in [0.29, 0.717) is 23.4 Å². The molecular formula is C11H8FNO3. The van der Waals surface area contributed by atoms with E-state index in [0.717, 1.165) is 0 Å². The summed E-state index contributed by atoms with van der Waals surface area (Å²) in [4.78, 5) is 14.8. The predicted molar refractivity (Wildman–Crippen MR) is 52.5 cm³/mol. The quantitative estimate of drug-likeness (QED) is 0.843. The van der Waals surface area contributed by atoms with Crippen molar-refractivity contribution in [3.63, 3.8) is 0 Å². The summed E-state index contributed by atoms with van der Waals surface area (Å²) < 4.78 is 18.3. The van der Waals surface area contributed by atoms with Crippen molar-refractivity contribution in [1.29, 1.82) is 0 Å². The first-order valence-corrected chi connectivity index (χ1v) is 4.94. The van der Waals surface area contributed by atoms with Gasteiger partial charge in [0.15, 0.2) is 11.5 Å². The molecule has 1 aromatic heterocycles. The molecule has 1 aliphatic rings. The first-order valence-electron chi connectivity index (χ1n) is 4.94. The van der Waals surface area contributed by atoms with E-state index < -0.39 is 11.9 Å². The van der Waals surface area contributed by atoms with Gasteiger partial charge in [0.05, 0.1) is 5.92 Å². The second kappa shape index (κ2) is 3.04. The molecule has 1 aliphatic carbocycles. The molecule has 0 bridgehead atoms. The summed E-state index contributed by atoms with van der Waals surface area (Å²) in [7, 11) is 0. The molecule has 1 saturated carbocycles. The molecule has 2 aromatic rings. The highest BCUT2D eigenvalue weighted by Crippen LogP contribution is 2.47. The summed E-state index contributed by atoms with van der Waals surface area (Å²) in [5, 5.41) is 8.77. The largest absolute Gasteiger partial charge is 0.481 e. The van der Waals surface area contributed by atoms with Crippen LogP contribution in [0.3, 0.4) is 0 Å². The van der Waals surface area contributed by atoms with Crippen LogP contribution in [0.15, 0.2) is 22.6 Å². The smallest absolute Gasteiger partial charge is 0.307 e. The standard InChI is InChI=1S/C11H8FNO3/c12-5-1-2-9-8(3-5)13-10(16-9)6-4-7(6)11(14)15/h1-3,6-7H,4H2,(H,14,15). The van der Waals surface area contributed by atoms with Crippen LogP contribution >= 0.6 is 0 Å². The van der Waals surface area contributed by atoms with Crippen LogP contribution in [-0.2, 0) is 4.79 Å². The minimum absolute atomic E-state index is 0.159.